The molecular weight excluding hydrogens is 383 g/mol. The van der Waals surface area contributed by atoms with Crippen LogP contribution >= 0.6 is 22.6 Å². The van der Waals surface area contributed by atoms with Gasteiger partial charge < -0.3 is 20.1 Å². The predicted molar refractivity (Wildman–Crippen MR) is 76.8 cm³/mol. The summed E-state index contributed by atoms with van der Waals surface area (Å²) in [7, 11) is 0. The van der Waals surface area contributed by atoms with Crippen molar-refractivity contribution in [3.05, 3.63) is 32.6 Å². The number of aliphatic hydroxyl groups is 3. The fourth-order valence-corrected chi connectivity index (χ4v) is 2.56. The molecule has 20 heavy (non-hydrogen) atoms. The first-order valence-electron chi connectivity index (χ1n) is 6.01. The van der Waals surface area contributed by atoms with Crippen LogP contribution in [0.2, 0.25) is 0 Å². The van der Waals surface area contributed by atoms with Gasteiger partial charge in [0.15, 0.2) is 0 Å². The maximum Gasteiger partial charge on any atom is 0.330 e. The molecule has 2 heterocycles. The number of hydrogen-bond acceptors (Lipinski definition) is 6. The molecule has 1 saturated heterocycles. The number of alkyl halides is 1. The van der Waals surface area contributed by atoms with E-state index < -0.39 is 35.8 Å². The summed E-state index contributed by atoms with van der Waals surface area (Å²) in [6.45, 7) is -0.362. The van der Waals surface area contributed by atoms with E-state index in [4.69, 9.17) is 9.84 Å². The van der Waals surface area contributed by atoms with Gasteiger partial charge in [-0.15, -0.1) is 0 Å². The molecule has 0 radical (unpaired) electrons. The maximum absolute atomic E-state index is 11.8. The third kappa shape index (κ3) is 2.96. The number of aliphatic hydroxyl groups excluding tert-OH is 3. The molecule has 1 fully saturated rings. The summed E-state index contributed by atoms with van der Waals surface area (Å²) in [6, 6.07) is 0. The van der Waals surface area contributed by atoms with Gasteiger partial charge in [-0.1, -0.05) is 22.6 Å². The fraction of sp³-hybridized carbons (Fsp3) is 0.636. The average Bonchev–Trinajstić information content (AvgIpc) is 2.79. The monoisotopic (exact) mass is 398 g/mol. The highest BCUT2D eigenvalue weighted by Gasteiger charge is 2.35. The quantitative estimate of drug-likeness (QED) is 0.367. The van der Waals surface area contributed by atoms with Crippen LogP contribution in [0.5, 0.6) is 0 Å². The number of hydrogen-bond donors (Lipinski definition) is 4. The molecule has 4 atom stereocenters. The minimum absolute atomic E-state index is 0.0598. The molecule has 0 spiro atoms. The lowest BCUT2D eigenvalue weighted by atomic mass is 10.2. The van der Waals surface area contributed by atoms with Gasteiger partial charge in [-0.05, 0) is 0 Å². The second-order valence-corrected chi connectivity index (χ2v) is 5.42. The summed E-state index contributed by atoms with van der Waals surface area (Å²) >= 11 is 1.92. The molecule has 1 aliphatic rings. The average molecular weight is 398 g/mol. The van der Waals surface area contributed by atoms with Crippen molar-refractivity contribution in [2.45, 2.75) is 31.0 Å². The van der Waals surface area contributed by atoms with Crippen molar-refractivity contribution in [1.29, 1.82) is 0 Å². The highest BCUT2D eigenvalue weighted by molar-refractivity contribution is 14.1. The number of aromatic amines is 1. The first-order chi connectivity index (χ1) is 9.47. The number of ether oxygens (including phenoxy) is 1. The zero-order valence-corrected chi connectivity index (χ0v) is 12.6. The topological polar surface area (TPSA) is 125 Å². The van der Waals surface area contributed by atoms with E-state index in [9.17, 15) is 19.8 Å². The Hall–Kier alpha value is -0.750. The van der Waals surface area contributed by atoms with Crippen LogP contribution in [0.1, 0.15) is 24.3 Å². The third-order valence-electron chi connectivity index (χ3n) is 3.19. The summed E-state index contributed by atoms with van der Waals surface area (Å²) in [5, 5.41) is 28.4. The van der Waals surface area contributed by atoms with Crippen molar-refractivity contribution in [2.24, 2.45) is 0 Å². The SMILES string of the molecule is O=c1[nH]c(=O)n([C@H]2C[C@H](O)[C@@H](CO)O2)cc1[C@H](O)CI. The van der Waals surface area contributed by atoms with E-state index in [-0.39, 0.29) is 18.6 Å². The molecule has 1 aromatic heterocycles. The van der Waals surface area contributed by atoms with Gasteiger partial charge in [0.05, 0.1) is 24.4 Å². The van der Waals surface area contributed by atoms with E-state index in [0.717, 1.165) is 4.57 Å². The molecule has 1 aromatic rings. The molecule has 0 unspecified atom stereocenters. The van der Waals surface area contributed by atoms with Crippen LogP contribution in [0.4, 0.5) is 0 Å². The number of halogens is 1. The smallest absolute Gasteiger partial charge is 0.330 e. The molecule has 0 aliphatic carbocycles. The van der Waals surface area contributed by atoms with Crippen LogP contribution in [0.15, 0.2) is 15.8 Å². The molecule has 0 amide bonds. The van der Waals surface area contributed by atoms with Gasteiger partial charge in [0.1, 0.15) is 12.3 Å². The molecule has 4 N–H and O–H groups in total. The van der Waals surface area contributed by atoms with Crippen molar-refractivity contribution < 1.29 is 20.1 Å². The predicted octanol–water partition coefficient (Wildman–Crippen LogP) is -1.35. The van der Waals surface area contributed by atoms with E-state index in [0.29, 0.717) is 4.43 Å². The van der Waals surface area contributed by atoms with Crippen molar-refractivity contribution in [1.82, 2.24) is 9.55 Å². The Morgan fingerprint density at radius 3 is 2.80 bits per heavy atom. The second-order valence-electron chi connectivity index (χ2n) is 4.54. The van der Waals surface area contributed by atoms with Gasteiger partial charge >= 0.3 is 5.69 Å². The lowest BCUT2D eigenvalue weighted by molar-refractivity contribution is -0.0461. The third-order valence-corrected chi connectivity index (χ3v) is 4.03. The maximum atomic E-state index is 11.8. The normalized spacial score (nSPS) is 27.7. The Kier molecular flexibility index (Phi) is 4.96. The van der Waals surface area contributed by atoms with Gasteiger partial charge in [0.25, 0.3) is 5.56 Å². The van der Waals surface area contributed by atoms with Crippen LogP contribution in [0.3, 0.4) is 0 Å². The van der Waals surface area contributed by atoms with E-state index in [1.165, 1.54) is 6.20 Å². The van der Waals surface area contributed by atoms with Crippen LogP contribution in [0, 0.1) is 0 Å². The van der Waals surface area contributed by atoms with Crippen LogP contribution < -0.4 is 11.2 Å². The summed E-state index contributed by atoms with van der Waals surface area (Å²) < 4.78 is 6.77. The van der Waals surface area contributed by atoms with E-state index >= 15 is 0 Å². The molecule has 0 bridgehead atoms. The van der Waals surface area contributed by atoms with Crippen molar-refractivity contribution in [2.75, 3.05) is 11.0 Å². The van der Waals surface area contributed by atoms with Gasteiger partial charge in [-0.3, -0.25) is 14.3 Å². The number of rotatable bonds is 4. The van der Waals surface area contributed by atoms with Crippen LogP contribution in [0.25, 0.3) is 0 Å². The lowest BCUT2D eigenvalue weighted by Gasteiger charge is -2.16. The second kappa shape index (κ2) is 6.35. The Morgan fingerprint density at radius 2 is 2.25 bits per heavy atom. The Morgan fingerprint density at radius 1 is 1.55 bits per heavy atom. The van der Waals surface area contributed by atoms with E-state index in [1.807, 2.05) is 22.6 Å². The number of H-pyrrole nitrogens is 1. The fourth-order valence-electron chi connectivity index (χ4n) is 2.09. The molecule has 112 valence electrons. The van der Waals surface area contributed by atoms with Crippen LogP contribution in [-0.2, 0) is 4.74 Å². The largest absolute Gasteiger partial charge is 0.394 e. The minimum atomic E-state index is -0.994. The van der Waals surface area contributed by atoms with Gasteiger partial charge in [-0.2, -0.15) is 0 Å². The molecule has 8 nitrogen and oxygen atoms in total. The van der Waals surface area contributed by atoms with Gasteiger partial charge in [0, 0.05) is 17.0 Å². The number of nitrogens with one attached hydrogen (secondary N) is 1. The minimum Gasteiger partial charge on any atom is -0.394 e. The Labute approximate surface area is 127 Å². The first kappa shape index (κ1) is 15.6. The standard InChI is InChI=1S/C11H15IN2O6/c12-2-7(17)5-3-14(11(19)13-10(5)18)9-1-6(16)8(4-15)20-9/h3,6-9,15-17H,1-2,4H2,(H,13,18,19)/t6-,7+,8+,9+/m0/s1. The lowest BCUT2D eigenvalue weighted by Crippen LogP contribution is -2.35. The van der Waals surface area contributed by atoms with E-state index in [1.54, 1.807) is 0 Å². The molecule has 0 aromatic carbocycles. The first-order valence-corrected chi connectivity index (χ1v) is 7.54. The highest BCUT2D eigenvalue weighted by Crippen LogP contribution is 2.27. The van der Waals surface area contributed by atoms with Crippen molar-refractivity contribution in [3.63, 3.8) is 0 Å². The summed E-state index contributed by atoms with van der Waals surface area (Å²) in [5.74, 6) is 0. The molecule has 9 heteroatoms. The zero-order valence-electron chi connectivity index (χ0n) is 10.4. The Bertz CT molecular complexity index is 585. The summed E-state index contributed by atoms with van der Waals surface area (Å²) in [5.41, 5.74) is -1.27. The van der Waals surface area contributed by atoms with Crippen molar-refractivity contribution in [3.8, 4) is 0 Å². The highest BCUT2D eigenvalue weighted by atomic mass is 127. The van der Waals surface area contributed by atoms with Gasteiger partial charge in [0.2, 0.25) is 0 Å². The number of aromatic nitrogens is 2. The summed E-state index contributed by atoms with van der Waals surface area (Å²) in [6.07, 6.45) is -2.07. The summed E-state index contributed by atoms with van der Waals surface area (Å²) in [4.78, 5) is 25.5. The molecule has 0 saturated carbocycles. The number of nitrogens with zero attached hydrogens (tertiary/aromatic N) is 1. The molecular formula is C11H15IN2O6. The Balaban J connectivity index is 2.38. The van der Waals surface area contributed by atoms with Crippen molar-refractivity contribution >= 4 is 22.6 Å². The van der Waals surface area contributed by atoms with Crippen LogP contribution in [-0.4, -0.2) is 48.1 Å². The van der Waals surface area contributed by atoms with Gasteiger partial charge in [-0.25, -0.2) is 4.79 Å². The zero-order chi connectivity index (χ0) is 14.9. The molecule has 1 aliphatic heterocycles. The molecule has 2 rings (SSSR count). The van der Waals surface area contributed by atoms with E-state index in [2.05, 4.69) is 4.98 Å².